The second kappa shape index (κ2) is 17.9. The SMILES string of the molecule is CCCCCCCCCCCCCCCCCC(=O)NC[C@H]1[NH2+]C[C@H](O)[C@@H](O)[C@@H]1O. The van der Waals surface area contributed by atoms with Crippen LogP contribution in [-0.4, -0.2) is 58.7 Å². The standard InChI is InChI=1S/C24H48N2O4/c1-2-3-4-5-6-7-8-9-10-11-12-13-14-15-16-17-22(28)26-18-20-23(29)24(30)21(27)19-25-20/h20-21,23-25,27,29-30H,2-19H2,1H3,(H,26,28)/p+1/t20-,21+,23-,24-/m1/s1. The Kier molecular flexibility index (Phi) is 16.3. The van der Waals surface area contributed by atoms with Crippen molar-refractivity contribution in [1.82, 2.24) is 5.32 Å². The second-order valence-corrected chi connectivity index (χ2v) is 9.19. The Morgan fingerprint density at radius 1 is 0.767 bits per heavy atom. The van der Waals surface area contributed by atoms with E-state index in [9.17, 15) is 20.1 Å². The molecule has 1 aliphatic rings. The quantitative estimate of drug-likeness (QED) is 0.216. The van der Waals surface area contributed by atoms with Gasteiger partial charge in [-0.15, -0.1) is 0 Å². The van der Waals surface area contributed by atoms with Gasteiger partial charge in [-0.2, -0.15) is 0 Å². The Morgan fingerprint density at radius 2 is 1.23 bits per heavy atom. The highest BCUT2D eigenvalue weighted by Gasteiger charge is 2.39. The van der Waals surface area contributed by atoms with Crippen LogP contribution < -0.4 is 10.6 Å². The number of aliphatic hydroxyl groups excluding tert-OH is 3. The van der Waals surface area contributed by atoms with Crippen LogP contribution in [0.4, 0.5) is 0 Å². The summed E-state index contributed by atoms with van der Waals surface area (Å²) in [7, 11) is 0. The van der Waals surface area contributed by atoms with Gasteiger partial charge in [0.05, 0.1) is 6.54 Å². The molecule has 0 spiro atoms. The van der Waals surface area contributed by atoms with Crippen LogP contribution in [-0.2, 0) is 4.79 Å². The van der Waals surface area contributed by atoms with E-state index in [0.29, 0.717) is 19.5 Å². The van der Waals surface area contributed by atoms with Gasteiger partial charge in [0.15, 0.2) is 0 Å². The molecule has 1 amide bonds. The molecule has 0 aromatic rings. The number of quaternary nitrogens is 1. The number of carbonyl (C=O) groups excluding carboxylic acids is 1. The number of hydrogen-bond donors (Lipinski definition) is 5. The molecule has 0 radical (unpaired) electrons. The van der Waals surface area contributed by atoms with E-state index in [-0.39, 0.29) is 11.9 Å². The van der Waals surface area contributed by atoms with Gasteiger partial charge in [-0.25, -0.2) is 0 Å². The van der Waals surface area contributed by atoms with E-state index in [4.69, 9.17) is 0 Å². The first-order chi connectivity index (χ1) is 14.6. The maximum atomic E-state index is 12.0. The van der Waals surface area contributed by atoms with Crippen LogP contribution in [0.15, 0.2) is 0 Å². The number of nitrogens with two attached hydrogens (primary N) is 1. The fourth-order valence-electron chi connectivity index (χ4n) is 4.25. The Hall–Kier alpha value is -0.690. The molecule has 0 saturated carbocycles. The van der Waals surface area contributed by atoms with E-state index >= 15 is 0 Å². The molecular weight excluding hydrogens is 380 g/mol. The predicted octanol–water partition coefficient (Wildman–Crippen LogP) is 2.39. The number of piperidine rings is 1. The van der Waals surface area contributed by atoms with Gasteiger partial charge >= 0.3 is 0 Å². The molecule has 0 aromatic heterocycles. The summed E-state index contributed by atoms with van der Waals surface area (Å²) in [5, 5.41) is 33.8. The third-order valence-electron chi connectivity index (χ3n) is 6.41. The minimum absolute atomic E-state index is 0.00547. The van der Waals surface area contributed by atoms with Gasteiger partial charge in [-0.05, 0) is 6.42 Å². The topological polar surface area (TPSA) is 106 Å². The molecule has 0 bridgehead atoms. The molecule has 1 rings (SSSR count). The van der Waals surface area contributed by atoms with Gasteiger partial charge in [-0.3, -0.25) is 4.79 Å². The average molecular weight is 430 g/mol. The number of unbranched alkanes of at least 4 members (excludes halogenated alkanes) is 14. The number of rotatable bonds is 18. The highest BCUT2D eigenvalue weighted by molar-refractivity contribution is 5.75. The van der Waals surface area contributed by atoms with Gasteiger partial charge in [0.2, 0.25) is 5.91 Å². The summed E-state index contributed by atoms with van der Waals surface area (Å²) in [4.78, 5) is 12.0. The highest BCUT2D eigenvalue weighted by Crippen LogP contribution is 2.13. The number of amides is 1. The molecule has 1 fully saturated rings. The lowest BCUT2D eigenvalue weighted by Crippen LogP contribution is -2.99. The largest absolute Gasteiger partial charge is 0.387 e. The third-order valence-corrected chi connectivity index (χ3v) is 6.41. The summed E-state index contributed by atoms with van der Waals surface area (Å²) in [6, 6.07) is -0.298. The monoisotopic (exact) mass is 429 g/mol. The van der Waals surface area contributed by atoms with Crippen molar-refractivity contribution in [3.05, 3.63) is 0 Å². The van der Waals surface area contributed by atoms with Crippen molar-refractivity contribution in [2.24, 2.45) is 0 Å². The predicted molar refractivity (Wildman–Crippen MR) is 121 cm³/mol. The summed E-state index contributed by atoms with van der Waals surface area (Å²) >= 11 is 0. The van der Waals surface area contributed by atoms with Crippen molar-refractivity contribution in [2.45, 2.75) is 134 Å². The van der Waals surface area contributed by atoms with Gasteiger partial charge in [0.1, 0.15) is 30.9 Å². The van der Waals surface area contributed by atoms with Gasteiger partial charge in [0.25, 0.3) is 0 Å². The Balaban J connectivity index is 1.84. The van der Waals surface area contributed by atoms with E-state index in [1.54, 1.807) is 5.32 Å². The molecule has 0 unspecified atom stereocenters. The first-order valence-electron chi connectivity index (χ1n) is 12.7. The maximum absolute atomic E-state index is 12.0. The second-order valence-electron chi connectivity index (χ2n) is 9.19. The minimum Gasteiger partial charge on any atom is -0.387 e. The highest BCUT2D eigenvalue weighted by atomic mass is 16.4. The van der Waals surface area contributed by atoms with Crippen molar-refractivity contribution in [2.75, 3.05) is 13.1 Å². The Labute approximate surface area is 184 Å². The lowest BCUT2D eigenvalue weighted by molar-refractivity contribution is -0.713. The number of aliphatic hydroxyl groups is 3. The van der Waals surface area contributed by atoms with Crippen LogP contribution in [0, 0.1) is 0 Å². The van der Waals surface area contributed by atoms with Crippen LogP contribution >= 0.6 is 0 Å². The smallest absolute Gasteiger partial charge is 0.220 e. The summed E-state index contributed by atoms with van der Waals surface area (Å²) in [5.74, 6) is 0.00547. The van der Waals surface area contributed by atoms with Crippen LogP contribution in [0.1, 0.15) is 110 Å². The lowest BCUT2D eigenvalue weighted by atomic mass is 9.96. The first-order valence-corrected chi connectivity index (χ1v) is 12.7. The van der Waals surface area contributed by atoms with Gasteiger partial charge in [-0.1, -0.05) is 96.8 Å². The summed E-state index contributed by atoms with van der Waals surface area (Å²) in [5.41, 5.74) is 0. The molecule has 6 heteroatoms. The molecule has 0 aliphatic carbocycles. The first kappa shape index (κ1) is 27.3. The fraction of sp³-hybridized carbons (Fsp3) is 0.958. The maximum Gasteiger partial charge on any atom is 0.220 e. The van der Waals surface area contributed by atoms with Crippen LogP contribution in [0.2, 0.25) is 0 Å². The number of hydrogen-bond acceptors (Lipinski definition) is 4. The van der Waals surface area contributed by atoms with Crippen molar-refractivity contribution in [3.8, 4) is 0 Å². The molecule has 4 atom stereocenters. The van der Waals surface area contributed by atoms with Gasteiger partial charge in [0, 0.05) is 6.42 Å². The summed E-state index contributed by atoms with van der Waals surface area (Å²) in [6.45, 7) is 2.93. The van der Waals surface area contributed by atoms with E-state index < -0.39 is 18.3 Å². The van der Waals surface area contributed by atoms with E-state index in [2.05, 4.69) is 12.2 Å². The Bertz CT molecular complexity index is 422. The summed E-state index contributed by atoms with van der Waals surface area (Å²) < 4.78 is 0. The molecule has 6 nitrogen and oxygen atoms in total. The van der Waals surface area contributed by atoms with Crippen molar-refractivity contribution in [3.63, 3.8) is 0 Å². The van der Waals surface area contributed by atoms with E-state index in [0.717, 1.165) is 12.8 Å². The Morgan fingerprint density at radius 3 is 1.73 bits per heavy atom. The van der Waals surface area contributed by atoms with Crippen LogP contribution in [0.5, 0.6) is 0 Å². The van der Waals surface area contributed by atoms with Crippen molar-refractivity contribution in [1.29, 1.82) is 0 Å². The van der Waals surface area contributed by atoms with Crippen LogP contribution in [0.3, 0.4) is 0 Å². The minimum atomic E-state index is -1.13. The molecule has 30 heavy (non-hydrogen) atoms. The zero-order valence-electron chi connectivity index (χ0n) is 19.4. The third kappa shape index (κ3) is 12.9. The molecule has 178 valence electrons. The molecule has 6 N–H and O–H groups in total. The fourth-order valence-corrected chi connectivity index (χ4v) is 4.25. The number of carbonyl (C=O) groups is 1. The molecule has 1 saturated heterocycles. The molecule has 0 aromatic carbocycles. The molecular formula is C24H49N2O4+. The van der Waals surface area contributed by atoms with Crippen molar-refractivity contribution >= 4 is 5.91 Å². The average Bonchev–Trinajstić information content (AvgIpc) is 2.74. The zero-order valence-corrected chi connectivity index (χ0v) is 19.4. The number of nitrogens with one attached hydrogen (secondary N) is 1. The zero-order chi connectivity index (χ0) is 22.0. The molecule has 1 heterocycles. The van der Waals surface area contributed by atoms with E-state index in [1.165, 1.54) is 83.5 Å². The van der Waals surface area contributed by atoms with E-state index in [1.807, 2.05) is 0 Å². The van der Waals surface area contributed by atoms with Crippen molar-refractivity contribution < 1.29 is 25.4 Å². The van der Waals surface area contributed by atoms with Gasteiger partial charge < -0.3 is 26.0 Å². The van der Waals surface area contributed by atoms with Crippen LogP contribution in [0.25, 0.3) is 0 Å². The lowest BCUT2D eigenvalue weighted by Gasteiger charge is -2.33. The normalized spacial score (nSPS) is 24.1. The summed E-state index contributed by atoms with van der Waals surface area (Å²) in [6.07, 6.45) is 17.1. The molecule has 1 aliphatic heterocycles.